The Morgan fingerprint density at radius 1 is 1.19 bits per heavy atom. The minimum absolute atomic E-state index is 0.0229. The molecule has 0 radical (unpaired) electrons. The number of Topliss-reactive ketones (excluding diaryl/α,β-unsaturated/α-hetero) is 1. The van der Waals surface area contributed by atoms with E-state index in [2.05, 4.69) is 22.2 Å². The largest absolute Gasteiger partial charge is 0.384 e. The molecule has 1 aromatic carbocycles. The van der Waals surface area contributed by atoms with Gasteiger partial charge in [-0.05, 0) is 81.1 Å². The highest BCUT2D eigenvalue weighted by atomic mass is 32.2. The van der Waals surface area contributed by atoms with Crippen LogP contribution in [0.3, 0.4) is 0 Å². The lowest BCUT2D eigenvalue weighted by Crippen LogP contribution is -2.29. The van der Waals surface area contributed by atoms with Crippen molar-refractivity contribution >= 4 is 51.8 Å². The molecule has 3 heterocycles. The van der Waals surface area contributed by atoms with Crippen molar-refractivity contribution in [2.45, 2.75) is 46.1 Å². The number of ketones is 1. The number of carbonyl (C=O) groups is 2. The number of benzene rings is 1. The van der Waals surface area contributed by atoms with Gasteiger partial charge in [0.1, 0.15) is 4.91 Å². The van der Waals surface area contributed by atoms with Crippen LogP contribution in [-0.4, -0.2) is 45.2 Å². The van der Waals surface area contributed by atoms with E-state index in [0.717, 1.165) is 35.7 Å². The van der Waals surface area contributed by atoms with Gasteiger partial charge in [0.05, 0.1) is 22.9 Å². The maximum atomic E-state index is 13.9. The lowest BCUT2D eigenvalue weighted by atomic mass is 10.0. The Balaban J connectivity index is 1.57. The molecule has 0 bridgehead atoms. The fourth-order valence-electron chi connectivity index (χ4n) is 4.55. The molecule has 1 fully saturated rings. The van der Waals surface area contributed by atoms with Gasteiger partial charge in [0.2, 0.25) is 0 Å². The minimum atomic E-state index is -0.0514. The normalized spacial score (nSPS) is 21.0. The number of nitrogens with zero attached hydrogens (tertiary/aromatic N) is 4. The third-order valence-corrected chi connectivity index (χ3v) is 8.98. The van der Waals surface area contributed by atoms with Crippen molar-refractivity contribution in [2.75, 3.05) is 18.9 Å². The van der Waals surface area contributed by atoms with E-state index in [1.807, 2.05) is 25.1 Å². The maximum absolute atomic E-state index is 13.9. The van der Waals surface area contributed by atoms with Crippen LogP contribution in [0.4, 0.5) is 11.4 Å². The molecule has 9 heteroatoms. The summed E-state index contributed by atoms with van der Waals surface area (Å²) >= 11 is 3.14. The second kappa shape index (κ2) is 10.5. The van der Waals surface area contributed by atoms with Crippen molar-refractivity contribution in [1.82, 2.24) is 14.8 Å². The van der Waals surface area contributed by atoms with Gasteiger partial charge >= 0.3 is 0 Å². The van der Waals surface area contributed by atoms with Crippen molar-refractivity contribution in [3.63, 3.8) is 0 Å². The van der Waals surface area contributed by atoms with Crippen LogP contribution in [0, 0.1) is 0 Å². The van der Waals surface area contributed by atoms with Crippen molar-refractivity contribution in [3.05, 3.63) is 74.4 Å². The van der Waals surface area contributed by atoms with Crippen molar-refractivity contribution in [3.8, 4) is 0 Å². The minimum Gasteiger partial charge on any atom is -0.384 e. The summed E-state index contributed by atoms with van der Waals surface area (Å²) in [6.45, 7) is 4.66. The van der Waals surface area contributed by atoms with Crippen LogP contribution in [0.2, 0.25) is 0 Å². The first-order valence-corrected chi connectivity index (χ1v) is 13.8. The number of rotatable bonds is 6. The van der Waals surface area contributed by atoms with Crippen LogP contribution >= 0.6 is 23.5 Å². The van der Waals surface area contributed by atoms with Crippen molar-refractivity contribution in [1.29, 1.82) is 0 Å². The second-order valence-electron chi connectivity index (χ2n) is 8.94. The first-order chi connectivity index (χ1) is 17.5. The predicted octanol–water partition coefficient (Wildman–Crippen LogP) is 6.11. The number of anilines is 1. The Morgan fingerprint density at radius 3 is 2.75 bits per heavy atom. The molecule has 0 atom stereocenters. The Morgan fingerprint density at radius 2 is 2.03 bits per heavy atom. The van der Waals surface area contributed by atoms with Gasteiger partial charge in [0, 0.05) is 42.2 Å². The van der Waals surface area contributed by atoms with Gasteiger partial charge in [-0.15, -0.1) is 0 Å². The highest BCUT2D eigenvalue weighted by molar-refractivity contribution is 8.19. The number of aromatic nitrogens is 1. The molecule has 1 amide bonds. The van der Waals surface area contributed by atoms with E-state index in [0.29, 0.717) is 27.9 Å². The molecule has 2 aromatic rings. The number of allylic oxidation sites excluding steroid dienone is 2. The SMILES string of the molecule is CCNc1ccc(C(C)=O)cc1N=C1S/C(=C2\SC3=C(CCCC3)N2C)C(=O)N1Cc1cccnc1. The van der Waals surface area contributed by atoms with Crippen LogP contribution < -0.4 is 5.32 Å². The van der Waals surface area contributed by atoms with Gasteiger partial charge < -0.3 is 10.2 Å². The first-order valence-electron chi connectivity index (χ1n) is 12.2. The highest BCUT2D eigenvalue weighted by Gasteiger charge is 2.40. The van der Waals surface area contributed by atoms with E-state index in [1.54, 1.807) is 48.1 Å². The lowest BCUT2D eigenvalue weighted by Gasteiger charge is -2.20. The van der Waals surface area contributed by atoms with E-state index in [4.69, 9.17) is 4.99 Å². The second-order valence-corrected chi connectivity index (χ2v) is 11.0. The van der Waals surface area contributed by atoms with Gasteiger partial charge in [0.25, 0.3) is 5.91 Å². The number of nitrogens with one attached hydrogen (secondary N) is 1. The fourth-order valence-corrected chi connectivity index (χ4v) is 7.07. The summed E-state index contributed by atoms with van der Waals surface area (Å²) in [7, 11) is 2.07. The van der Waals surface area contributed by atoms with Crippen LogP contribution in [0.1, 0.15) is 55.5 Å². The quantitative estimate of drug-likeness (QED) is 0.364. The molecule has 1 N–H and O–H groups in total. The lowest BCUT2D eigenvalue weighted by molar-refractivity contribution is -0.122. The summed E-state index contributed by atoms with van der Waals surface area (Å²) in [4.78, 5) is 41.1. The molecule has 1 saturated heterocycles. The van der Waals surface area contributed by atoms with E-state index in [1.165, 1.54) is 35.2 Å². The van der Waals surface area contributed by atoms with Gasteiger partial charge in [-0.1, -0.05) is 17.8 Å². The monoisotopic (exact) mass is 519 g/mol. The summed E-state index contributed by atoms with van der Waals surface area (Å²) in [6, 6.07) is 9.31. The molecule has 1 aliphatic carbocycles. The smallest absolute Gasteiger partial charge is 0.269 e. The number of hydrogen-bond acceptors (Lipinski definition) is 8. The Bertz CT molecular complexity index is 1300. The van der Waals surface area contributed by atoms with Gasteiger partial charge in [-0.3, -0.25) is 19.5 Å². The molecule has 0 unspecified atom stereocenters. The summed E-state index contributed by atoms with van der Waals surface area (Å²) in [5.74, 6) is -0.0742. The zero-order valence-electron chi connectivity index (χ0n) is 20.7. The fraction of sp³-hybridized carbons (Fsp3) is 0.333. The topological polar surface area (TPSA) is 77.9 Å². The Kier molecular flexibility index (Phi) is 7.20. The molecule has 0 spiro atoms. The number of pyridine rings is 1. The molecule has 36 heavy (non-hydrogen) atoms. The van der Waals surface area contributed by atoms with E-state index in [-0.39, 0.29) is 11.7 Å². The molecule has 5 rings (SSSR count). The van der Waals surface area contributed by atoms with Gasteiger partial charge in [-0.25, -0.2) is 4.99 Å². The molecular weight excluding hydrogens is 490 g/mol. The molecule has 3 aliphatic rings. The number of carbonyl (C=O) groups excluding carboxylic acids is 2. The van der Waals surface area contributed by atoms with E-state index < -0.39 is 0 Å². The Labute approximate surface area is 220 Å². The third kappa shape index (κ3) is 4.82. The molecular formula is C27H29N5O2S2. The summed E-state index contributed by atoms with van der Waals surface area (Å²) in [5.41, 5.74) is 4.34. The zero-order valence-corrected chi connectivity index (χ0v) is 22.3. The summed E-state index contributed by atoms with van der Waals surface area (Å²) < 4.78 is 0. The number of aliphatic imine (C=N–C) groups is 1. The van der Waals surface area contributed by atoms with Crippen molar-refractivity contribution in [2.24, 2.45) is 4.99 Å². The zero-order chi connectivity index (χ0) is 25.2. The average molecular weight is 520 g/mol. The summed E-state index contributed by atoms with van der Waals surface area (Å²) in [6.07, 6.45) is 8.01. The number of amides is 1. The van der Waals surface area contributed by atoms with Crippen LogP contribution in [0.5, 0.6) is 0 Å². The summed E-state index contributed by atoms with van der Waals surface area (Å²) in [5, 5.41) is 4.92. The molecule has 7 nitrogen and oxygen atoms in total. The first kappa shape index (κ1) is 24.6. The molecule has 0 saturated carbocycles. The van der Waals surface area contributed by atoms with Gasteiger partial charge in [-0.2, -0.15) is 0 Å². The standard InChI is InChI=1S/C27H29N5O2S2/c1-4-29-20-12-11-19(17(2)33)14-21(20)30-27-32(16-18-8-7-13-28-15-18)25(34)24(36-27)26-31(3)22-9-5-6-10-23(22)35-26/h7-8,11-15,29H,4-6,9-10,16H2,1-3H3/b26-24-,30-27?. The third-order valence-electron chi connectivity index (χ3n) is 6.43. The van der Waals surface area contributed by atoms with Crippen LogP contribution in [-0.2, 0) is 11.3 Å². The molecule has 1 aromatic heterocycles. The average Bonchev–Trinajstić information content (AvgIpc) is 3.37. The van der Waals surface area contributed by atoms with E-state index >= 15 is 0 Å². The number of amidine groups is 1. The number of thioether (sulfide) groups is 2. The highest BCUT2D eigenvalue weighted by Crippen LogP contribution is 2.51. The van der Waals surface area contributed by atoms with E-state index in [9.17, 15) is 9.59 Å². The van der Waals surface area contributed by atoms with Gasteiger partial charge in [0.15, 0.2) is 11.0 Å². The number of hydrogen-bond donors (Lipinski definition) is 1. The molecule has 186 valence electrons. The van der Waals surface area contributed by atoms with Crippen LogP contribution in [0.15, 0.2) is 68.3 Å². The predicted molar refractivity (Wildman–Crippen MR) is 148 cm³/mol. The maximum Gasteiger partial charge on any atom is 0.269 e. The molecule has 2 aliphatic heterocycles. The Hall–Kier alpha value is -3.04. The van der Waals surface area contributed by atoms with Crippen molar-refractivity contribution < 1.29 is 9.59 Å². The van der Waals surface area contributed by atoms with Crippen LogP contribution in [0.25, 0.3) is 0 Å².